The Balaban J connectivity index is 1.95. The van der Waals surface area contributed by atoms with Crippen molar-refractivity contribution in [3.05, 3.63) is 0 Å². The molecule has 6 heteroatoms. The van der Waals surface area contributed by atoms with Gasteiger partial charge in [0.15, 0.2) is 0 Å². The number of likely N-dealkylation sites (N-methyl/N-ethyl adjacent to an activating group) is 1. The van der Waals surface area contributed by atoms with E-state index in [9.17, 15) is 14.7 Å². The maximum absolute atomic E-state index is 12.5. The highest BCUT2D eigenvalue weighted by molar-refractivity contribution is 5.82. The molecule has 2 saturated heterocycles. The second kappa shape index (κ2) is 7.64. The van der Waals surface area contributed by atoms with Gasteiger partial charge in [0.05, 0.1) is 0 Å². The first-order valence-electron chi connectivity index (χ1n) is 8.14. The van der Waals surface area contributed by atoms with Gasteiger partial charge in [-0.1, -0.05) is 19.8 Å². The van der Waals surface area contributed by atoms with E-state index in [-0.39, 0.29) is 12.1 Å². The smallest absolute Gasteiger partial charge is 0.326 e. The molecule has 120 valence electrons. The van der Waals surface area contributed by atoms with Crippen molar-refractivity contribution < 1.29 is 14.7 Å². The molecular formula is C15H27N3O3. The fourth-order valence-corrected chi connectivity index (χ4v) is 3.33. The molecule has 21 heavy (non-hydrogen) atoms. The number of carbonyl (C=O) groups excluding carboxylic acids is 1. The van der Waals surface area contributed by atoms with Crippen LogP contribution in [0.5, 0.6) is 0 Å². The van der Waals surface area contributed by atoms with Crippen LogP contribution < -0.4 is 5.32 Å². The standard InChI is InChI=1S/C15H27N3O3/c1-2-17-9-6-7-12(11-17)16-15(21)18-10-5-3-4-8-13(18)14(19)20/h12-13H,2-11H2,1H3,(H,16,21)(H,19,20). The molecule has 2 aliphatic heterocycles. The van der Waals surface area contributed by atoms with E-state index in [0.717, 1.165) is 51.7 Å². The molecule has 2 rings (SSSR count). The fraction of sp³-hybridized carbons (Fsp3) is 0.867. The van der Waals surface area contributed by atoms with Gasteiger partial charge in [0, 0.05) is 19.1 Å². The lowest BCUT2D eigenvalue weighted by Gasteiger charge is -2.34. The van der Waals surface area contributed by atoms with Crippen molar-refractivity contribution >= 4 is 12.0 Å². The van der Waals surface area contributed by atoms with Gasteiger partial charge in [-0.05, 0) is 38.8 Å². The Bertz CT molecular complexity index is 375. The summed E-state index contributed by atoms with van der Waals surface area (Å²) in [5, 5.41) is 12.4. The van der Waals surface area contributed by atoms with Crippen molar-refractivity contribution in [2.45, 2.75) is 57.5 Å². The summed E-state index contributed by atoms with van der Waals surface area (Å²) in [6, 6.07) is -0.727. The Hall–Kier alpha value is -1.30. The molecule has 2 fully saturated rings. The zero-order valence-corrected chi connectivity index (χ0v) is 12.9. The summed E-state index contributed by atoms with van der Waals surface area (Å²) in [6.07, 6.45) is 5.40. The van der Waals surface area contributed by atoms with E-state index < -0.39 is 12.0 Å². The quantitative estimate of drug-likeness (QED) is 0.828. The molecule has 2 unspecified atom stereocenters. The Kier molecular flexibility index (Phi) is 5.85. The van der Waals surface area contributed by atoms with Gasteiger partial charge in [0.2, 0.25) is 0 Å². The first-order valence-corrected chi connectivity index (χ1v) is 8.14. The van der Waals surface area contributed by atoms with Crippen LogP contribution in [0.15, 0.2) is 0 Å². The van der Waals surface area contributed by atoms with Crippen LogP contribution in [0.3, 0.4) is 0 Å². The lowest BCUT2D eigenvalue weighted by molar-refractivity contribution is -0.142. The predicted molar refractivity (Wildman–Crippen MR) is 80.3 cm³/mol. The van der Waals surface area contributed by atoms with Crippen LogP contribution in [0, 0.1) is 0 Å². The average molecular weight is 297 g/mol. The van der Waals surface area contributed by atoms with Crippen LogP contribution in [-0.4, -0.2) is 65.2 Å². The first-order chi connectivity index (χ1) is 10.1. The summed E-state index contributed by atoms with van der Waals surface area (Å²) < 4.78 is 0. The SMILES string of the molecule is CCN1CCCC(NC(=O)N2CCCCCC2C(=O)O)C1. The molecule has 2 N–H and O–H groups in total. The van der Waals surface area contributed by atoms with Gasteiger partial charge in [0.1, 0.15) is 6.04 Å². The second-order valence-corrected chi connectivity index (χ2v) is 6.08. The van der Waals surface area contributed by atoms with Gasteiger partial charge in [-0.15, -0.1) is 0 Å². The van der Waals surface area contributed by atoms with Gasteiger partial charge in [0.25, 0.3) is 0 Å². The van der Waals surface area contributed by atoms with Gasteiger partial charge in [-0.3, -0.25) is 0 Å². The van der Waals surface area contributed by atoms with Gasteiger partial charge >= 0.3 is 12.0 Å². The van der Waals surface area contributed by atoms with Crippen molar-refractivity contribution in [3.63, 3.8) is 0 Å². The van der Waals surface area contributed by atoms with E-state index in [0.29, 0.717) is 13.0 Å². The van der Waals surface area contributed by atoms with Crippen molar-refractivity contribution in [3.8, 4) is 0 Å². The third-order valence-electron chi connectivity index (χ3n) is 4.58. The zero-order valence-electron chi connectivity index (χ0n) is 12.9. The Labute approximate surface area is 126 Å². The highest BCUT2D eigenvalue weighted by atomic mass is 16.4. The number of hydrogen-bond donors (Lipinski definition) is 2. The average Bonchev–Trinajstić information content (AvgIpc) is 2.73. The molecule has 2 amide bonds. The summed E-state index contributed by atoms with van der Waals surface area (Å²) in [5.74, 6) is -0.883. The number of carboxylic acid groups (broad SMARTS) is 1. The Morgan fingerprint density at radius 3 is 2.67 bits per heavy atom. The van der Waals surface area contributed by atoms with Crippen molar-refractivity contribution in [2.24, 2.45) is 0 Å². The first kappa shape index (κ1) is 16.1. The van der Waals surface area contributed by atoms with Crippen molar-refractivity contribution in [1.82, 2.24) is 15.1 Å². The number of likely N-dealkylation sites (tertiary alicyclic amines) is 2. The Morgan fingerprint density at radius 1 is 1.14 bits per heavy atom. The van der Waals surface area contributed by atoms with Crippen LogP contribution >= 0.6 is 0 Å². The van der Waals surface area contributed by atoms with Crippen LogP contribution in [0.1, 0.15) is 45.4 Å². The van der Waals surface area contributed by atoms with Crippen LogP contribution in [0.25, 0.3) is 0 Å². The summed E-state index contributed by atoms with van der Waals surface area (Å²) >= 11 is 0. The number of rotatable bonds is 3. The second-order valence-electron chi connectivity index (χ2n) is 6.08. The molecule has 0 aromatic rings. The molecule has 0 aliphatic carbocycles. The Morgan fingerprint density at radius 2 is 1.95 bits per heavy atom. The third-order valence-corrected chi connectivity index (χ3v) is 4.58. The minimum Gasteiger partial charge on any atom is -0.480 e. The van der Waals surface area contributed by atoms with E-state index in [1.807, 2.05) is 0 Å². The van der Waals surface area contributed by atoms with E-state index in [1.165, 1.54) is 4.90 Å². The predicted octanol–water partition coefficient (Wildman–Crippen LogP) is 1.51. The number of piperidine rings is 1. The van der Waals surface area contributed by atoms with Gasteiger partial charge < -0.3 is 20.2 Å². The maximum atomic E-state index is 12.5. The highest BCUT2D eigenvalue weighted by Crippen LogP contribution is 2.18. The summed E-state index contributed by atoms with van der Waals surface area (Å²) in [6.45, 7) is 5.62. The molecule has 2 heterocycles. The highest BCUT2D eigenvalue weighted by Gasteiger charge is 2.32. The molecule has 0 aromatic carbocycles. The van der Waals surface area contributed by atoms with E-state index in [1.54, 1.807) is 0 Å². The van der Waals surface area contributed by atoms with Crippen molar-refractivity contribution in [1.29, 1.82) is 0 Å². The van der Waals surface area contributed by atoms with E-state index in [2.05, 4.69) is 17.1 Å². The molecule has 0 aromatic heterocycles. The normalized spacial score (nSPS) is 28.0. The minimum atomic E-state index is -0.883. The van der Waals surface area contributed by atoms with Crippen LogP contribution in [0.2, 0.25) is 0 Å². The number of nitrogens with one attached hydrogen (secondary N) is 1. The molecule has 2 atom stereocenters. The number of urea groups is 1. The van der Waals surface area contributed by atoms with Gasteiger partial charge in [-0.2, -0.15) is 0 Å². The zero-order chi connectivity index (χ0) is 15.2. The monoisotopic (exact) mass is 297 g/mol. The summed E-state index contributed by atoms with van der Waals surface area (Å²) in [4.78, 5) is 27.7. The number of amides is 2. The lowest BCUT2D eigenvalue weighted by atomic mass is 10.1. The van der Waals surface area contributed by atoms with Gasteiger partial charge in [-0.25, -0.2) is 9.59 Å². The molecule has 0 bridgehead atoms. The third kappa shape index (κ3) is 4.33. The topological polar surface area (TPSA) is 72.9 Å². The van der Waals surface area contributed by atoms with Crippen LogP contribution in [0.4, 0.5) is 4.79 Å². The molecular weight excluding hydrogens is 270 g/mol. The maximum Gasteiger partial charge on any atom is 0.326 e. The van der Waals surface area contributed by atoms with Crippen LogP contribution in [-0.2, 0) is 4.79 Å². The molecule has 2 aliphatic rings. The van der Waals surface area contributed by atoms with E-state index >= 15 is 0 Å². The summed E-state index contributed by atoms with van der Waals surface area (Å²) in [7, 11) is 0. The molecule has 0 radical (unpaired) electrons. The molecule has 0 spiro atoms. The lowest BCUT2D eigenvalue weighted by Crippen LogP contribution is -2.55. The fourth-order valence-electron chi connectivity index (χ4n) is 3.33. The molecule has 6 nitrogen and oxygen atoms in total. The summed E-state index contributed by atoms with van der Waals surface area (Å²) in [5.41, 5.74) is 0. The minimum absolute atomic E-state index is 0.142. The molecule has 0 saturated carbocycles. The number of hydrogen-bond acceptors (Lipinski definition) is 3. The number of carboxylic acids is 1. The van der Waals surface area contributed by atoms with Crippen molar-refractivity contribution in [2.75, 3.05) is 26.2 Å². The number of aliphatic carboxylic acids is 1. The number of nitrogens with zero attached hydrogens (tertiary/aromatic N) is 2. The number of carbonyl (C=O) groups is 2. The van der Waals surface area contributed by atoms with E-state index in [4.69, 9.17) is 0 Å². The largest absolute Gasteiger partial charge is 0.480 e.